The van der Waals surface area contributed by atoms with Crippen molar-refractivity contribution in [3.8, 4) is 81.1 Å². The number of alkyl halides is 3. The fourth-order valence-corrected chi connectivity index (χ4v) is 18.8. The number of aliphatic hydroxyl groups is 4. The van der Waals surface area contributed by atoms with E-state index in [9.17, 15) is 38.0 Å². The second-order valence-electron chi connectivity index (χ2n) is 36.2. The van der Waals surface area contributed by atoms with Crippen LogP contribution < -0.4 is 28.4 Å². The van der Waals surface area contributed by atoms with Crippen LogP contribution in [0.3, 0.4) is 0 Å². The molecule has 37 heteroatoms. The zero-order valence-corrected chi connectivity index (χ0v) is 80.2. The van der Waals surface area contributed by atoms with E-state index in [4.69, 9.17) is 91.4 Å². The van der Waals surface area contributed by atoms with Gasteiger partial charge in [0.1, 0.15) is 108 Å². The van der Waals surface area contributed by atoms with E-state index in [1.54, 1.807) is 76.4 Å². The predicted molar refractivity (Wildman–Crippen MR) is 524 cm³/mol. The highest BCUT2D eigenvalue weighted by Crippen LogP contribution is 2.44. The predicted octanol–water partition coefficient (Wildman–Crippen LogP) is 21.2. The number of halogens is 6. The van der Waals surface area contributed by atoms with Gasteiger partial charge in [-0.1, -0.05) is 90.5 Å². The molecule has 0 amide bonds. The third-order valence-corrected chi connectivity index (χ3v) is 26.5. The summed E-state index contributed by atoms with van der Waals surface area (Å²) < 4.78 is 139. The van der Waals surface area contributed by atoms with E-state index in [0.717, 1.165) is 127 Å². The number of allylic oxidation sites excluding steroid dienone is 1. The molecule has 3 saturated heterocycles. The quantitative estimate of drug-likeness (QED) is 0.0316. The Bertz CT molecular complexity index is 7300. The number of β-amino-alcohol motifs (C(OH)–C–C–N with tert-alkyl or cyclic N) is 4. The summed E-state index contributed by atoms with van der Waals surface area (Å²) in [7, 11) is 0. The van der Waals surface area contributed by atoms with Gasteiger partial charge in [-0.2, -0.15) is 13.2 Å². The smallest absolute Gasteiger partial charge is 0.417 e. The van der Waals surface area contributed by atoms with Crippen LogP contribution in [-0.4, -0.2) is 217 Å². The van der Waals surface area contributed by atoms with Crippen LogP contribution in [0.2, 0.25) is 10.0 Å². The lowest BCUT2D eigenvalue weighted by Crippen LogP contribution is -2.40. The molecule has 0 spiro atoms. The molecule has 0 unspecified atom stereocenters. The van der Waals surface area contributed by atoms with Crippen molar-refractivity contribution in [2.45, 2.75) is 121 Å². The number of aliphatic hydroxyl groups excluding tert-OH is 4. The summed E-state index contributed by atoms with van der Waals surface area (Å²) in [4.78, 5) is 8.84. The Labute approximate surface area is 827 Å². The van der Waals surface area contributed by atoms with Crippen LogP contribution in [0, 0.1) is 26.6 Å². The van der Waals surface area contributed by atoms with Crippen LogP contribution >= 0.6 is 23.2 Å². The van der Waals surface area contributed by atoms with Gasteiger partial charge in [0.15, 0.2) is 34.5 Å². The summed E-state index contributed by atoms with van der Waals surface area (Å²) in [6.45, 7) is 20.1. The first-order valence-corrected chi connectivity index (χ1v) is 48.1. The van der Waals surface area contributed by atoms with Crippen molar-refractivity contribution < 1.29 is 106 Å². The summed E-state index contributed by atoms with van der Waals surface area (Å²) in [5, 5.41) is 78.1. The summed E-state index contributed by atoms with van der Waals surface area (Å²) in [5.74, 6) is 9.28. The van der Waals surface area contributed by atoms with Gasteiger partial charge >= 0.3 is 6.18 Å². The molecule has 9 aromatic heterocycles. The Morgan fingerprint density at radius 2 is 0.825 bits per heavy atom. The number of hydrogen-bond donors (Lipinski definition) is 4. The standard InChI is InChI=1S/C28H29N3O6.C27H25N3O5.C26H25ClF3N3O4.C25H25ClFN3O4/c1-17(2)27-29-30-28(37-27)26-13-21-22(4-3-5-23(21)36-26)33-15-20(32)14-31-10-8-18(9-11-31)19-6-7-24-25(12-19)35-16-34-24;1-17-28-29-27(34-17)26-14-22-23(3-2-4-24(22)35-26)33-16-21(31)15-30-10-7-18(8-11-30)20-6-5-19-9-12-32-25(19)13-20;1-15-31-32-25(36-15)24-12-19-22(3-2-4-23(19)37-24)35-14-18(34)13-33-9-7-16(8-10-33)17-5-6-21(27)20(11-17)26(28,29)30;1-15-28-29-25(33-15)24-12-19-22(3-2-4-23(19)34-24)32-14-18(31)13-30-9-7-16(8-10-30)17-5-6-20(26)21(27)11-17/h3-7,12-13,18,20,32H,1,8-11,14-16H2,2H3;2-7,9,12-14,21,31H,8,10-11,15-16H2,1H3;2-6,11-12,16,18,34H,7-10,13-14H2,1H3;2-6,11-12,16,18,31H,7-10,13-14H2,1H3/t20-;21-;2*18-/m0000/s1. The topological polar surface area (TPSA) is 371 Å². The number of fused-ring (bicyclic) bond motifs is 6. The van der Waals surface area contributed by atoms with Crippen LogP contribution in [0.5, 0.6) is 34.5 Å². The number of rotatable bonds is 29. The molecule has 3 fully saturated rings. The van der Waals surface area contributed by atoms with Crippen molar-refractivity contribution in [1.82, 2.24) is 60.4 Å². The number of nitrogens with zero attached hydrogens (tertiary/aromatic N) is 12. The highest BCUT2D eigenvalue weighted by atomic mass is 35.5. The maximum Gasteiger partial charge on any atom is 0.417 e. The summed E-state index contributed by atoms with van der Waals surface area (Å²) in [5.41, 5.74) is 8.74. The zero-order valence-electron chi connectivity index (χ0n) is 78.7. The first kappa shape index (κ1) is 98.1. The van der Waals surface area contributed by atoms with Crippen LogP contribution in [0.1, 0.15) is 121 Å². The fourth-order valence-electron chi connectivity index (χ4n) is 18.5. The van der Waals surface area contributed by atoms with E-state index in [-0.39, 0.29) is 60.0 Å². The molecule has 17 aromatic rings. The second-order valence-corrected chi connectivity index (χ2v) is 37.0. The number of aryl methyl sites for hydroxylation is 3. The van der Waals surface area contributed by atoms with E-state index >= 15 is 0 Å². The molecule has 143 heavy (non-hydrogen) atoms. The number of hydrogen-bond acceptors (Lipinski definition) is 31. The van der Waals surface area contributed by atoms with Crippen LogP contribution in [0.4, 0.5) is 17.6 Å². The lowest BCUT2D eigenvalue weighted by atomic mass is 9.88. The van der Waals surface area contributed by atoms with E-state index < -0.39 is 36.2 Å². The van der Waals surface area contributed by atoms with Gasteiger partial charge in [0.2, 0.25) is 30.4 Å². The maximum atomic E-state index is 13.8. The van der Waals surface area contributed by atoms with Crippen molar-refractivity contribution in [3.05, 3.63) is 262 Å². The molecule has 744 valence electrons. The summed E-state index contributed by atoms with van der Waals surface area (Å²) in [6.07, 6.45) is 3.03. The molecule has 5 aliphatic heterocycles. The average Bonchev–Trinajstić information content (AvgIpc) is 1.70. The third kappa shape index (κ3) is 23.9. The average molecular weight is 2000 g/mol. The first-order valence-electron chi connectivity index (χ1n) is 47.3. The van der Waals surface area contributed by atoms with E-state index in [1.165, 1.54) is 28.8 Å². The highest BCUT2D eigenvalue weighted by Gasteiger charge is 2.36. The molecule has 0 radical (unpaired) electrons. The monoisotopic (exact) mass is 1990 g/mol. The second kappa shape index (κ2) is 44.0. The summed E-state index contributed by atoms with van der Waals surface area (Å²) in [6, 6.07) is 53.0. The molecule has 0 aliphatic carbocycles. The summed E-state index contributed by atoms with van der Waals surface area (Å²) >= 11 is 11.6. The third-order valence-electron chi connectivity index (χ3n) is 25.8. The number of ether oxygens (including phenoxy) is 6. The van der Waals surface area contributed by atoms with Gasteiger partial charge in [0.25, 0.3) is 23.6 Å². The minimum atomic E-state index is -4.48. The van der Waals surface area contributed by atoms with Gasteiger partial charge < -0.3 is 103 Å². The van der Waals surface area contributed by atoms with Crippen molar-refractivity contribution in [2.24, 2.45) is 0 Å². The Kier molecular flexibility index (Phi) is 30.2. The van der Waals surface area contributed by atoms with Crippen molar-refractivity contribution in [3.63, 3.8) is 0 Å². The lowest BCUT2D eigenvalue weighted by Gasteiger charge is -2.33. The van der Waals surface area contributed by atoms with Crippen molar-refractivity contribution >= 4 is 89.2 Å². The number of likely N-dealkylation sites (tertiary alicyclic amines) is 3. The molecule has 8 aromatic carbocycles. The fraction of sp³-hybridized carbons (Fsp3) is 0.340. The molecule has 14 heterocycles. The normalized spacial score (nSPS) is 16.3. The molecule has 4 N–H and O–H groups in total. The molecule has 4 atom stereocenters. The number of furan rings is 5. The largest absolute Gasteiger partial charge is 0.490 e. The van der Waals surface area contributed by atoms with Crippen LogP contribution in [-0.2, 0) is 6.18 Å². The molecule has 0 saturated carbocycles. The Morgan fingerprint density at radius 1 is 0.427 bits per heavy atom. The Balaban J connectivity index is 0.000000121. The van der Waals surface area contributed by atoms with E-state index in [2.05, 4.69) is 103 Å². The molecule has 22 rings (SSSR count). The number of aromatic nitrogens is 8. The van der Waals surface area contributed by atoms with Gasteiger partial charge in [-0.25, -0.2) is 4.39 Å². The Hall–Kier alpha value is -13.7. The molecular formula is C106H104Cl2F4N12O19. The first-order chi connectivity index (χ1) is 69.3. The van der Waals surface area contributed by atoms with Crippen molar-refractivity contribution in [1.29, 1.82) is 0 Å². The molecule has 0 bridgehead atoms. The van der Waals surface area contributed by atoms with Crippen LogP contribution in [0.25, 0.3) is 113 Å². The number of benzene rings is 8. The van der Waals surface area contributed by atoms with Gasteiger partial charge in [0, 0.05) is 95.3 Å². The van der Waals surface area contributed by atoms with Crippen LogP contribution in [0.15, 0.2) is 235 Å². The van der Waals surface area contributed by atoms with E-state index in [0.29, 0.717) is 186 Å². The van der Waals surface area contributed by atoms with Gasteiger partial charge in [0.05, 0.1) is 43.4 Å². The zero-order chi connectivity index (χ0) is 98.9. The molecule has 31 nitrogen and oxygen atoms in total. The minimum absolute atomic E-state index is 0.0125. The maximum absolute atomic E-state index is 13.8. The lowest BCUT2D eigenvalue weighted by molar-refractivity contribution is -0.137. The van der Waals surface area contributed by atoms with Gasteiger partial charge in [-0.3, -0.25) is 4.90 Å². The highest BCUT2D eigenvalue weighted by molar-refractivity contribution is 6.31. The molecule has 5 aliphatic rings. The Morgan fingerprint density at radius 3 is 1.22 bits per heavy atom. The number of piperidine rings is 3. The van der Waals surface area contributed by atoms with Crippen molar-refractivity contribution in [2.75, 3.05) is 112 Å². The van der Waals surface area contributed by atoms with Gasteiger partial charge in [-0.15, -0.1) is 40.8 Å². The SMILES string of the molecule is C=C(C)c1nnc(-c2cc3c(OC[C@@H](O)CN4CCC(c5ccc6c(c5)OCO6)CC4)cccc3o2)o1.Cc1nnc(-c2cc3c(OC[C@@H](O)CN4CC=C(c5ccc6ccoc6c5)CC4)cccc3o2)o1.Cc1nnc(-c2cc3c(OC[C@@H](O)CN4CCC(c5ccc(Cl)c(C(F)(F)F)c5)CC4)cccc3o2)o1.Cc1nnc(-c2cc3c(OC[C@@H](O)CN4CCC(c5ccc(Cl)c(F)c5)CC4)cccc3o2)o1. The van der Waals surface area contributed by atoms with E-state index in [1.807, 2.05) is 84.9 Å². The minimum Gasteiger partial charge on any atom is -0.490 e. The van der Waals surface area contributed by atoms with Gasteiger partial charge in [-0.05, 0) is 234 Å². The molecular weight excluding hydrogens is 1890 g/mol.